The van der Waals surface area contributed by atoms with Gasteiger partial charge in [0.2, 0.25) is 0 Å². The van der Waals surface area contributed by atoms with Crippen molar-refractivity contribution >= 4 is 0 Å². The molecule has 19 heavy (non-hydrogen) atoms. The lowest BCUT2D eigenvalue weighted by Crippen LogP contribution is -2.67. The van der Waals surface area contributed by atoms with Gasteiger partial charge in [0.1, 0.15) is 0 Å². The minimum Gasteiger partial charge on any atom is -0.325 e. The Balaban J connectivity index is 1.64. The summed E-state index contributed by atoms with van der Waals surface area (Å²) >= 11 is 0. The molecule has 0 spiro atoms. The smallest absolute Gasteiger partial charge is 0.0836 e. The molecule has 3 aliphatic carbocycles. The van der Waals surface area contributed by atoms with Crippen molar-refractivity contribution in [3.8, 4) is 0 Å². The quantitative estimate of drug-likeness (QED) is 0.528. The Hall–Kier alpha value is -0.160. The molecule has 0 aromatic heterocycles. The van der Waals surface area contributed by atoms with Gasteiger partial charge < -0.3 is 11.5 Å². The van der Waals surface area contributed by atoms with Crippen molar-refractivity contribution in [3.05, 3.63) is 0 Å². The van der Waals surface area contributed by atoms with E-state index in [0.29, 0.717) is 5.92 Å². The van der Waals surface area contributed by atoms with E-state index in [2.05, 4.69) is 10.9 Å². The Labute approximate surface area is 116 Å². The molecule has 4 rings (SSSR count). The highest BCUT2D eigenvalue weighted by atomic mass is 15.5. The van der Waals surface area contributed by atoms with Gasteiger partial charge in [0.25, 0.3) is 0 Å². The normalized spacial score (nSPS) is 57.2. The molecule has 1 heterocycles. The minimum absolute atomic E-state index is 0.130. The Kier molecular flexibility index (Phi) is 2.76. The first kappa shape index (κ1) is 12.6. The predicted octanol–water partition coefficient (Wildman–Crippen LogP) is 1.07. The van der Waals surface area contributed by atoms with Gasteiger partial charge in [0, 0.05) is 18.0 Å². The molecule has 1 aliphatic heterocycles. The fourth-order valence-electron chi connectivity index (χ4n) is 5.93. The third-order valence-electron chi connectivity index (χ3n) is 6.92. The fraction of sp³-hybridized carbons (Fsp3) is 1.00. The van der Waals surface area contributed by atoms with Crippen LogP contribution in [0.3, 0.4) is 0 Å². The van der Waals surface area contributed by atoms with Gasteiger partial charge in [-0.3, -0.25) is 5.43 Å². The van der Waals surface area contributed by atoms with E-state index in [4.69, 9.17) is 11.5 Å². The number of rotatable bonds is 0. The van der Waals surface area contributed by atoms with Gasteiger partial charge in [-0.25, -0.2) is 5.43 Å². The lowest BCUT2D eigenvalue weighted by molar-refractivity contribution is -0.0459. The second kappa shape index (κ2) is 4.17. The van der Waals surface area contributed by atoms with Crippen molar-refractivity contribution in [2.75, 3.05) is 6.54 Å². The monoisotopic (exact) mass is 264 g/mol. The molecule has 4 aliphatic rings. The van der Waals surface area contributed by atoms with E-state index in [9.17, 15) is 0 Å². The number of nitrogens with two attached hydrogens (primary N) is 2. The largest absolute Gasteiger partial charge is 0.325 e. The van der Waals surface area contributed by atoms with Crippen LogP contribution in [-0.4, -0.2) is 17.7 Å². The molecule has 0 aromatic rings. The SMILES string of the molecule is NC12CCC3C(CCC4CCCCC43N)C1CNN2. The maximum absolute atomic E-state index is 6.96. The van der Waals surface area contributed by atoms with E-state index < -0.39 is 0 Å². The topological polar surface area (TPSA) is 76.1 Å². The third kappa shape index (κ3) is 1.67. The molecule has 0 aromatic carbocycles. The zero-order chi connectivity index (χ0) is 13.1. The lowest BCUT2D eigenvalue weighted by atomic mass is 9.50. The molecule has 6 N–H and O–H groups in total. The summed E-state index contributed by atoms with van der Waals surface area (Å²) in [5.74, 6) is 2.82. The van der Waals surface area contributed by atoms with Gasteiger partial charge in [-0.15, -0.1) is 0 Å². The van der Waals surface area contributed by atoms with Crippen molar-refractivity contribution in [3.63, 3.8) is 0 Å². The fourth-order valence-corrected chi connectivity index (χ4v) is 5.93. The predicted molar refractivity (Wildman–Crippen MR) is 75.9 cm³/mol. The molecule has 3 saturated carbocycles. The number of hydrazine groups is 1. The van der Waals surface area contributed by atoms with E-state index in [-0.39, 0.29) is 11.2 Å². The summed E-state index contributed by atoms with van der Waals surface area (Å²) in [6, 6.07) is 0. The van der Waals surface area contributed by atoms with Gasteiger partial charge in [-0.2, -0.15) is 0 Å². The van der Waals surface area contributed by atoms with Gasteiger partial charge in [0.05, 0.1) is 5.66 Å². The van der Waals surface area contributed by atoms with Crippen LogP contribution < -0.4 is 22.3 Å². The van der Waals surface area contributed by atoms with Crippen LogP contribution in [0.15, 0.2) is 0 Å². The van der Waals surface area contributed by atoms with Crippen LogP contribution in [0, 0.1) is 23.7 Å². The average molecular weight is 264 g/mol. The summed E-state index contributed by atoms with van der Waals surface area (Å²) in [7, 11) is 0. The molecule has 0 radical (unpaired) electrons. The number of hydrogen-bond acceptors (Lipinski definition) is 4. The summed E-state index contributed by atoms with van der Waals surface area (Å²) in [4.78, 5) is 0. The molecular weight excluding hydrogens is 236 g/mol. The lowest BCUT2D eigenvalue weighted by Gasteiger charge is -2.58. The molecule has 4 fully saturated rings. The Morgan fingerprint density at radius 2 is 1.79 bits per heavy atom. The highest BCUT2D eigenvalue weighted by Gasteiger charge is 2.58. The highest BCUT2D eigenvalue weighted by molar-refractivity contribution is 5.12. The number of hydrogen-bond donors (Lipinski definition) is 4. The van der Waals surface area contributed by atoms with E-state index in [1.807, 2.05) is 0 Å². The van der Waals surface area contributed by atoms with Gasteiger partial charge >= 0.3 is 0 Å². The van der Waals surface area contributed by atoms with Crippen LogP contribution in [0.5, 0.6) is 0 Å². The molecular formula is C15H28N4. The van der Waals surface area contributed by atoms with E-state index in [1.54, 1.807) is 0 Å². The second-order valence-electron chi connectivity index (χ2n) is 7.59. The summed E-state index contributed by atoms with van der Waals surface area (Å²) in [6.45, 7) is 1.03. The Morgan fingerprint density at radius 1 is 0.895 bits per heavy atom. The van der Waals surface area contributed by atoms with Crippen LogP contribution in [0.4, 0.5) is 0 Å². The first-order valence-electron chi connectivity index (χ1n) is 8.21. The van der Waals surface area contributed by atoms with Crippen molar-refractivity contribution in [2.45, 2.75) is 62.6 Å². The Morgan fingerprint density at radius 3 is 2.68 bits per heavy atom. The van der Waals surface area contributed by atoms with Crippen molar-refractivity contribution in [1.29, 1.82) is 0 Å². The summed E-state index contributed by atoms with van der Waals surface area (Å²) in [5.41, 5.74) is 20.1. The van der Waals surface area contributed by atoms with Crippen LogP contribution in [0.2, 0.25) is 0 Å². The minimum atomic E-state index is -0.168. The number of nitrogens with one attached hydrogen (secondary N) is 2. The number of fused-ring (bicyclic) bond motifs is 5. The van der Waals surface area contributed by atoms with Gasteiger partial charge in [-0.05, 0) is 56.3 Å². The van der Waals surface area contributed by atoms with Crippen LogP contribution in [0.25, 0.3) is 0 Å². The molecule has 1 saturated heterocycles. The van der Waals surface area contributed by atoms with Crippen LogP contribution in [0.1, 0.15) is 51.4 Å². The van der Waals surface area contributed by atoms with E-state index >= 15 is 0 Å². The molecule has 6 unspecified atom stereocenters. The molecule has 0 amide bonds. The zero-order valence-electron chi connectivity index (χ0n) is 11.8. The van der Waals surface area contributed by atoms with Crippen molar-refractivity contribution < 1.29 is 0 Å². The molecule has 4 nitrogen and oxygen atoms in total. The van der Waals surface area contributed by atoms with E-state index in [0.717, 1.165) is 30.7 Å². The van der Waals surface area contributed by atoms with Crippen molar-refractivity contribution in [1.82, 2.24) is 10.9 Å². The maximum atomic E-state index is 6.96. The first-order chi connectivity index (χ1) is 9.13. The molecule has 0 bridgehead atoms. The Bertz CT molecular complexity index is 373. The maximum Gasteiger partial charge on any atom is 0.0836 e. The third-order valence-corrected chi connectivity index (χ3v) is 6.92. The highest BCUT2D eigenvalue weighted by Crippen LogP contribution is 2.55. The first-order valence-corrected chi connectivity index (χ1v) is 8.21. The summed E-state index contributed by atoms with van der Waals surface area (Å²) in [6.07, 6.45) is 10.3. The second-order valence-corrected chi connectivity index (χ2v) is 7.59. The zero-order valence-corrected chi connectivity index (χ0v) is 11.8. The van der Waals surface area contributed by atoms with Crippen LogP contribution >= 0.6 is 0 Å². The summed E-state index contributed by atoms with van der Waals surface area (Å²) in [5, 5.41) is 0. The molecule has 108 valence electrons. The average Bonchev–Trinajstić information content (AvgIpc) is 2.79. The van der Waals surface area contributed by atoms with Gasteiger partial charge in [-0.1, -0.05) is 12.8 Å². The molecule has 6 atom stereocenters. The standard InChI is InChI=1S/C15H28N4/c16-14-7-2-1-3-10(14)4-5-11-12(14)6-8-15(17)13(11)9-18-19-15/h10-13,18-19H,1-9,16-17H2. The van der Waals surface area contributed by atoms with Gasteiger partial charge in [0.15, 0.2) is 0 Å². The van der Waals surface area contributed by atoms with Crippen LogP contribution in [-0.2, 0) is 0 Å². The molecule has 4 heteroatoms. The van der Waals surface area contributed by atoms with Crippen molar-refractivity contribution in [2.24, 2.45) is 35.1 Å². The summed E-state index contributed by atoms with van der Waals surface area (Å²) < 4.78 is 0. The van der Waals surface area contributed by atoms with E-state index in [1.165, 1.54) is 44.9 Å².